The zero-order valence-electron chi connectivity index (χ0n) is 15.7. The van der Waals surface area contributed by atoms with Crippen LogP contribution in [0.3, 0.4) is 0 Å². The number of unbranched alkanes of at least 4 members (excludes halogenated alkanes) is 1. The van der Waals surface area contributed by atoms with E-state index < -0.39 is 0 Å². The van der Waals surface area contributed by atoms with E-state index in [0.717, 1.165) is 12.8 Å². The minimum atomic E-state index is -0.348. The Bertz CT molecular complexity index is 900. The van der Waals surface area contributed by atoms with Gasteiger partial charge in [0.15, 0.2) is 0 Å². The van der Waals surface area contributed by atoms with Gasteiger partial charge in [0.25, 0.3) is 11.8 Å². The van der Waals surface area contributed by atoms with E-state index in [-0.39, 0.29) is 23.9 Å². The normalized spacial score (nSPS) is 11.0. The van der Waals surface area contributed by atoms with Crippen molar-refractivity contribution < 1.29 is 13.9 Å². The summed E-state index contributed by atoms with van der Waals surface area (Å²) in [7, 11) is 0. The second-order valence-corrected chi connectivity index (χ2v) is 6.37. The fourth-order valence-corrected chi connectivity index (χ4v) is 2.35. The van der Waals surface area contributed by atoms with E-state index in [1.807, 2.05) is 26.1 Å². The van der Waals surface area contributed by atoms with Crippen molar-refractivity contribution in [1.82, 2.24) is 20.0 Å². The molecule has 0 aliphatic heterocycles. The highest BCUT2D eigenvalue weighted by atomic mass is 16.5. The molecule has 1 N–H and O–H groups in total. The zero-order chi connectivity index (χ0) is 19.2. The second kappa shape index (κ2) is 8.48. The van der Waals surface area contributed by atoms with Gasteiger partial charge in [-0.1, -0.05) is 24.5 Å². The molecule has 8 heteroatoms. The van der Waals surface area contributed by atoms with E-state index in [2.05, 4.69) is 27.5 Å². The molecule has 142 valence electrons. The maximum atomic E-state index is 12.4. The van der Waals surface area contributed by atoms with Gasteiger partial charge in [-0.05, 0) is 44.5 Å². The first kappa shape index (κ1) is 18.6. The Balaban J connectivity index is 1.66. The van der Waals surface area contributed by atoms with Crippen LogP contribution in [0.15, 0.2) is 40.9 Å². The Labute approximate surface area is 157 Å². The third-order valence-corrected chi connectivity index (χ3v) is 3.86. The Morgan fingerprint density at radius 2 is 2.15 bits per heavy atom. The molecule has 0 atom stereocenters. The van der Waals surface area contributed by atoms with E-state index in [9.17, 15) is 4.79 Å². The Kier molecular flexibility index (Phi) is 5.85. The van der Waals surface area contributed by atoms with Crippen molar-refractivity contribution in [2.24, 2.45) is 0 Å². The van der Waals surface area contributed by atoms with E-state index in [0.29, 0.717) is 23.6 Å². The lowest BCUT2D eigenvalue weighted by Gasteiger charge is -2.07. The number of carbonyl (C=O) groups is 1. The first-order valence-corrected chi connectivity index (χ1v) is 9.00. The lowest BCUT2D eigenvalue weighted by Crippen LogP contribution is -2.12. The molecule has 1 amide bonds. The molecule has 0 spiro atoms. The van der Waals surface area contributed by atoms with Crippen LogP contribution in [0.25, 0.3) is 11.6 Å². The highest BCUT2D eigenvalue weighted by Gasteiger charge is 2.15. The van der Waals surface area contributed by atoms with Gasteiger partial charge in [-0.2, -0.15) is 5.10 Å². The Morgan fingerprint density at radius 3 is 2.89 bits per heavy atom. The highest BCUT2D eigenvalue weighted by molar-refractivity contribution is 6.03. The number of rotatable bonds is 8. The van der Waals surface area contributed by atoms with Gasteiger partial charge >= 0.3 is 6.01 Å². The van der Waals surface area contributed by atoms with Gasteiger partial charge in [-0.25, -0.2) is 0 Å². The van der Waals surface area contributed by atoms with E-state index in [4.69, 9.17) is 9.15 Å². The number of anilines is 1. The van der Waals surface area contributed by atoms with E-state index in [1.54, 1.807) is 28.9 Å². The maximum absolute atomic E-state index is 12.4. The van der Waals surface area contributed by atoms with Gasteiger partial charge in [0, 0.05) is 17.8 Å². The number of nitrogens with zero attached hydrogens (tertiary/aromatic N) is 4. The molecule has 27 heavy (non-hydrogen) atoms. The van der Waals surface area contributed by atoms with Gasteiger partial charge < -0.3 is 9.15 Å². The number of ether oxygens (including phenoxy) is 1. The molecular formula is C19H23N5O3. The fraction of sp³-hybridized carbons (Fsp3) is 0.368. The van der Waals surface area contributed by atoms with Crippen molar-refractivity contribution in [2.75, 3.05) is 11.9 Å². The molecule has 0 unspecified atom stereocenters. The van der Waals surface area contributed by atoms with Crippen LogP contribution in [0.4, 0.5) is 6.01 Å². The van der Waals surface area contributed by atoms with Crippen LogP contribution in [-0.2, 0) is 0 Å². The van der Waals surface area contributed by atoms with Gasteiger partial charge in [0.05, 0.1) is 6.61 Å². The maximum Gasteiger partial charge on any atom is 0.322 e. The standard InChI is InChI=1S/C19H23N5O3/c1-4-5-11-26-15-8-6-7-14(12-15)17(25)20-19-22-21-18(27-19)16-9-10-24(23-16)13(2)3/h6-10,12-13H,4-5,11H2,1-3H3,(H,20,22,25). The van der Waals surface area contributed by atoms with Crippen LogP contribution in [-0.4, -0.2) is 32.5 Å². The predicted octanol–water partition coefficient (Wildman–Crippen LogP) is 3.95. The average molecular weight is 369 g/mol. The zero-order valence-corrected chi connectivity index (χ0v) is 15.7. The molecule has 8 nitrogen and oxygen atoms in total. The van der Waals surface area contributed by atoms with Crippen LogP contribution in [0.5, 0.6) is 5.75 Å². The molecule has 0 aliphatic rings. The smallest absolute Gasteiger partial charge is 0.322 e. The topological polar surface area (TPSA) is 95.1 Å². The minimum absolute atomic E-state index is 0.0198. The number of benzene rings is 1. The molecular weight excluding hydrogens is 346 g/mol. The first-order valence-electron chi connectivity index (χ1n) is 9.00. The summed E-state index contributed by atoms with van der Waals surface area (Å²) in [6.45, 7) is 6.77. The van der Waals surface area contributed by atoms with Crippen LogP contribution in [0.2, 0.25) is 0 Å². The molecule has 0 aliphatic carbocycles. The minimum Gasteiger partial charge on any atom is -0.494 e. The molecule has 0 saturated heterocycles. The van der Waals surface area contributed by atoms with Crippen molar-refractivity contribution in [2.45, 2.75) is 39.7 Å². The average Bonchev–Trinajstić information content (AvgIpc) is 3.31. The first-order chi connectivity index (χ1) is 13.1. The summed E-state index contributed by atoms with van der Waals surface area (Å²) in [5.74, 6) is 0.557. The molecule has 0 fully saturated rings. The summed E-state index contributed by atoms with van der Waals surface area (Å²) in [4.78, 5) is 12.4. The van der Waals surface area contributed by atoms with Gasteiger partial charge in [-0.3, -0.25) is 14.8 Å². The second-order valence-electron chi connectivity index (χ2n) is 6.37. The third-order valence-electron chi connectivity index (χ3n) is 3.86. The van der Waals surface area contributed by atoms with Gasteiger partial charge in [0.2, 0.25) is 0 Å². The summed E-state index contributed by atoms with van der Waals surface area (Å²) in [6.07, 6.45) is 3.86. The molecule has 2 heterocycles. The van der Waals surface area contributed by atoms with Gasteiger partial charge in [-0.15, -0.1) is 5.10 Å². The SMILES string of the molecule is CCCCOc1cccc(C(=O)Nc2nnc(-c3ccn(C(C)C)n3)o2)c1. The fourth-order valence-electron chi connectivity index (χ4n) is 2.35. The van der Waals surface area contributed by atoms with Crippen molar-refractivity contribution in [3.05, 3.63) is 42.1 Å². The molecule has 0 saturated carbocycles. The highest BCUT2D eigenvalue weighted by Crippen LogP contribution is 2.20. The molecule has 3 rings (SSSR count). The van der Waals surface area contributed by atoms with Crippen molar-refractivity contribution in [3.63, 3.8) is 0 Å². The monoisotopic (exact) mass is 369 g/mol. The summed E-state index contributed by atoms with van der Waals surface area (Å²) in [6, 6.07) is 9.02. The van der Waals surface area contributed by atoms with Crippen molar-refractivity contribution >= 4 is 11.9 Å². The lowest BCUT2D eigenvalue weighted by atomic mass is 10.2. The number of hydrogen-bond acceptors (Lipinski definition) is 6. The molecule has 0 bridgehead atoms. The van der Waals surface area contributed by atoms with Crippen LogP contribution < -0.4 is 10.1 Å². The number of carbonyl (C=O) groups excluding carboxylic acids is 1. The summed E-state index contributed by atoms with van der Waals surface area (Å²) in [5.41, 5.74) is 1.01. The van der Waals surface area contributed by atoms with Crippen LogP contribution in [0.1, 0.15) is 50.0 Å². The number of nitrogens with one attached hydrogen (secondary N) is 1. The predicted molar refractivity (Wildman–Crippen MR) is 101 cm³/mol. The van der Waals surface area contributed by atoms with E-state index >= 15 is 0 Å². The number of amides is 1. The summed E-state index contributed by atoms with van der Waals surface area (Å²) in [5, 5.41) is 14.8. The number of hydrogen-bond donors (Lipinski definition) is 1. The Hall–Kier alpha value is -3.16. The van der Waals surface area contributed by atoms with E-state index in [1.165, 1.54) is 0 Å². The largest absolute Gasteiger partial charge is 0.494 e. The quantitative estimate of drug-likeness (QED) is 0.604. The Morgan fingerprint density at radius 1 is 1.30 bits per heavy atom. The molecule has 3 aromatic rings. The van der Waals surface area contributed by atoms with Crippen molar-refractivity contribution in [1.29, 1.82) is 0 Å². The number of aromatic nitrogens is 4. The lowest BCUT2D eigenvalue weighted by molar-refractivity contribution is 0.102. The molecule has 0 radical (unpaired) electrons. The summed E-state index contributed by atoms with van der Waals surface area (Å²) >= 11 is 0. The van der Waals surface area contributed by atoms with Crippen LogP contribution in [0, 0.1) is 0 Å². The third kappa shape index (κ3) is 4.72. The van der Waals surface area contributed by atoms with Crippen LogP contribution >= 0.6 is 0 Å². The molecule has 1 aromatic carbocycles. The summed E-state index contributed by atoms with van der Waals surface area (Å²) < 4.78 is 12.9. The molecule has 2 aromatic heterocycles. The van der Waals surface area contributed by atoms with Gasteiger partial charge in [0.1, 0.15) is 11.4 Å². The van der Waals surface area contributed by atoms with Crippen molar-refractivity contribution in [3.8, 4) is 17.3 Å².